The Morgan fingerprint density at radius 3 is 2.69 bits per heavy atom. The van der Waals surface area contributed by atoms with Gasteiger partial charge in [-0.3, -0.25) is 4.79 Å². The van der Waals surface area contributed by atoms with E-state index >= 15 is 0 Å². The highest BCUT2D eigenvalue weighted by Crippen LogP contribution is 2.31. The van der Waals surface area contributed by atoms with Crippen molar-refractivity contribution < 1.29 is 14.3 Å². The molecule has 158 valence electrons. The normalized spacial score (nSPS) is 11.1. The third kappa shape index (κ3) is 6.25. The molecule has 9 heteroatoms. The number of aromatic nitrogens is 2. The Morgan fingerprint density at radius 1 is 1.21 bits per heavy atom. The van der Waals surface area contributed by atoms with E-state index in [0.717, 1.165) is 11.3 Å². The van der Waals surface area contributed by atoms with Crippen LogP contribution in [0.4, 0.5) is 5.69 Å². The first-order chi connectivity index (χ1) is 13.1. The number of fused-ring (bicyclic) bond motifs is 1. The van der Waals surface area contributed by atoms with Gasteiger partial charge in [0, 0.05) is 36.6 Å². The Labute approximate surface area is 182 Å². The lowest BCUT2D eigenvalue weighted by Gasteiger charge is -2.14. The van der Waals surface area contributed by atoms with Crippen molar-refractivity contribution in [3.05, 3.63) is 54.5 Å². The van der Waals surface area contributed by atoms with Crippen LogP contribution in [0, 0.1) is 5.92 Å². The zero-order valence-corrected chi connectivity index (χ0v) is 18.2. The predicted octanol–water partition coefficient (Wildman–Crippen LogP) is 3.56. The van der Waals surface area contributed by atoms with E-state index in [0.29, 0.717) is 30.3 Å². The first-order valence-corrected chi connectivity index (χ1v) is 8.79. The fourth-order valence-electron chi connectivity index (χ4n) is 2.74. The summed E-state index contributed by atoms with van der Waals surface area (Å²) >= 11 is 0. The van der Waals surface area contributed by atoms with Crippen LogP contribution in [-0.2, 0) is 11.4 Å². The Balaban J connectivity index is 0.00000210. The van der Waals surface area contributed by atoms with Crippen molar-refractivity contribution in [2.75, 3.05) is 26.0 Å². The maximum absolute atomic E-state index is 12.2. The summed E-state index contributed by atoms with van der Waals surface area (Å²) in [7, 11) is 3.41. The molecule has 0 spiro atoms. The quantitative estimate of drug-likeness (QED) is 0.559. The van der Waals surface area contributed by atoms with Gasteiger partial charge in [-0.25, -0.2) is 4.98 Å². The van der Waals surface area contributed by atoms with E-state index in [-0.39, 0.29) is 36.6 Å². The number of rotatable bonds is 8. The maximum atomic E-state index is 12.2. The van der Waals surface area contributed by atoms with Gasteiger partial charge in [0.25, 0.3) is 0 Å². The molecule has 0 aliphatic heterocycles. The number of hydrogen-bond acceptors (Lipinski definition) is 5. The van der Waals surface area contributed by atoms with E-state index in [1.165, 1.54) is 0 Å². The van der Waals surface area contributed by atoms with Crippen LogP contribution in [0.15, 0.2) is 48.8 Å². The van der Waals surface area contributed by atoms with Crippen LogP contribution in [0.25, 0.3) is 5.65 Å². The lowest BCUT2D eigenvalue weighted by Crippen LogP contribution is -2.28. The number of ether oxygens (including phenoxy) is 2. The molecular formula is C20H26Cl2N4O3. The van der Waals surface area contributed by atoms with E-state index in [9.17, 15) is 4.79 Å². The van der Waals surface area contributed by atoms with Gasteiger partial charge in [0.2, 0.25) is 5.91 Å². The number of imidazole rings is 1. The second-order valence-corrected chi connectivity index (χ2v) is 6.30. The number of halogens is 2. The number of anilines is 1. The number of carbonyl (C=O) groups excluding carboxylic acids is 1. The molecule has 3 aromatic rings. The molecule has 29 heavy (non-hydrogen) atoms. The van der Waals surface area contributed by atoms with Crippen LogP contribution >= 0.6 is 24.8 Å². The van der Waals surface area contributed by atoms with Crippen molar-refractivity contribution in [2.24, 2.45) is 5.92 Å². The number of pyridine rings is 1. The van der Waals surface area contributed by atoms with Gasteiger partial charge in [-0.2, -0.15) is 0 Å². The molecule has 3 rings (SSSR count). The van der Waals surface area contributed by atoms with Gasteiger partial charge < -0.3 is 24.5 Å². The average Bonchev–Trinajstić information content (AvgIpc) is 3.09. The highest BCUT2D eigenvalue weighted by Gasteiger charge is 2.14. The van der Waals surface area contributed by atoms with E-state index in [2.05, 4.69) is 15.6 Å². The average molecular weight is 441 g/mol. The largest absolute Gasteiger partial charge is 0.493 e. The number of methoxy groups -OCH3 is 1. The first kappa shape index (κ1) is 24.6. The Hall–Kier alpha value is -2.48. The summed E-state index contributed by atoms with van der Waals surface area (Å²) in [5, 5.41) is 5.90. The lowest BCUT2D eigenvalue weighted by molar-refractivity contribution is -0.119. The summed E-state index contributed by atoms with van der Waals surface area (Å²) in [5.41, 5.74) is 2.33. The molecule has 1 unspecified atom stereocenters. The zero-order chi connectivity index (χ0) is 19.2. The molecule has 1 atom stereocenters. The number of nitrogens with zero attached hydrogens (tertiary/aromatic N) is 2. The van der Waals surface area contributed by atoms with E-state index < -0.39 is 0 Å². The van der Waals surface area contributed by atoms with Crippen LogP contribution in [0.1, 0.15) is 12.6 Å². The van der Waals surface area contributed by atoms with Crippen LogP contribution in [0.3, 0.4) is 0 Å². The Bertz CT molecular complexity index is 900. The SMILES string of the molecule is CNCC(C)C(=O)Nc1ccc(OC)c(OCc2cn3ccccc3n2)c1.Cl.Cl. The minimum absolute atomic E-state index is 0. The fraction of sp³-hybridized carbons (Fsp3) is 0.300. The van der Waals surface area contributed by atoms with Gasteiger partial charge in [0.05, 0.1) is 12.8 Å². The highest BCUT2D eigenvalue weighted by atomic mass is 35.5. The standard InChI is InChI=1S/C20H24N4O3.2ClH/c1-14(11-21-2)20(25)23-15-7-8-17(26-3)18(10-15)27-13-16-12-24-9-5-4-6-19(24)22-16;;/h4-10,12,14,21H,11,13H2,1-3H3,(H,23,25);2*1H. The second-order valence-electron chi connectivity index (χ2n) is 6.30. The zero-order valence-electron chi connectivity index (χ0n) is 16.5. The summed E-state index contributed by atoms with van der Waals surface area (Å²) in [6, 6.07) is 11.2. The molecule has 0 radical (unpaired) electrons. The third-order valence-corrected chi connectivity index (χ3v) is 4.18. The third-order valence-electron chi connectivity index (χ3n) is 4.18. The molecule has 2 N–H and O–H groups in total. The molecule has 0 aliphatic rings. The fourth-order valence-corrected chi connectivity index (χ4v) is 2.74. The Kier molecular flexibility index (Phi) is 9.74. The van der Waals surface area contributed by atoms with Crippen molar-refractivity contribution in [1.29, 1.82) is 0 Å². The van der Waals surface area contributed by atoms with Gasteiger partial charge in [0.15, 0.2) is 11.5 Å². The van der Waals surface area contributed by atoms with E-state index in [4.69, 9.17) is 9.47 Å². The topological polar surface area (TPSA) is 76.9 Å². The van der Waals surface area contributed by atoms with Crippen LogP contribution in [-0.4, -0.2) is 36.0 Å². The van der Waals surface area contributed by atoms with Crippen LogP contribution < -0.4 is 20.1 Å². The number of benzene rings is 1. The molecule has 0 bridgehead atoms. The molecule has 2 heterocycles. The summed E-state index contributed by atoms with van der Waals surface area (Å²) in [4.78, 5) is 16.7. The van der Waals surface area contributed by atoms with Crippen molar-refractivity contribution in [3.63, 3.8) is 0 Å². The van der Waals surface area contributed by atoms with Crippen molar-refractivity contribution in [1.82, 2.24) is 14.7 Å². The van der Waals surface area contributed by atoms with Crippen molar-refractivity contribution in [3.8, 4) is 11.5 Å². The molecular weight excluding hydrogens is 415 g/mol. The molecule has 0 aliphatic carbocycles. The Morgan fingerprint density at radius 2 is 2.00 bits per heavy atom. The van der Waals surface area contributed by atoms with Crippen LogP contribution in [0.5, 0.6) is 11.5 Å². The minimum atomic E-state index is -0.139. The highest BCUT2D eigenvalue weighted by molar-refractivity contribution is 5.92. The molecule has 0 fully saturated rings. The molecule has 0 saturated heterocycles. The number of carbonyl (C=O) groups is 1. The minimum Gasteiger partial charge on any atom is -0.493 e. The summed E-state index contributed by atoms with van der Waals surface area (Å²) < 4.78 is 13.2. The molecule has 1 aromatic carbocycles. The molecule has 1 amide bonds. The van der Waals surface area contributed by atoms with Gasteiger partial charge in [-0.15, -0.1) is 24.8 Å². The van der Waals surface area contributed by atoms with Crippen LogP contribution in [0.2, 0.25) is 0 Å². The predicted molar refractivity (Wildman–Crippen MR) is 119 cm³/mol. The second kappa shape index (κ2) is 11.5. The van der Waals surface area contributed by atoms with Gasteiger partial charge in [-0.05, 0) is 31.3 Å². The lowest BCUT2D eigenvalue weighted by atomic mass is 10.1. The maximum Gasteiger partial charge on any atom is 0.228 e. The molecule has 7 nitrogen and oxygen atoms in total. The van der Waals surface area contributed by atoms with Crippen molar-refractivity contribution >= 4 is 42.1 Å². The van der Waals surface area contributed by atoms with E-state index in [1.807, 2.05) is 49.0 Å². The smallest absolute Gasteiger partial charge is 0.228 e. The van der Waals surface area contributed by atoms with Gasteiger partial charge in [-0.1, -0.05) is 13.0 Å². The van der Waals surface area contributed by atoms with Crippen molar-refractivity contribution in [2.45, 2.75) is 13.5 Å². The number of hydrogen-bond donors (Lipinski definition) is 2. The summed E-state index contributed by atoms with van der Waals surface area (Å²) in [5.74, 6) is 0.953. The van der Waals surface area contributed by atoms with Gasteiger partial charge in [0.1, 0.15) is 12.3 Å². The summed E-state index contributed by atoms with van der Waals surface area (Å²) in [6.07, 6.45) is 3.86. The van der Waals surface area contributed by atoms with Gasteiger partial charge >= 0.3 is 0 Å². The first-order valence-electron chi connectivity index (χ1n) is 8.79. The van der Waals surface area contributed by atoms with E-state index in [1.54, 1.807) is 25.3 Å². The molecule has 2 aromatic heterocycles. The number of nitrogens with one attached hydrogen (secondary N) is 2. The molecule has 0 saturated carbocycles. The summed E-state index contributed by atoms with van der Waals surface area (Å²) in [6.45, 7) is 2.78. The monoisotopic (exact) mass is 440 g/mol. The number of amides is 1.